The molecule has 4 amide bonds. The summed E-state index contributed by atoms with van der Waals surface area (Å²) in [5, 5.41) is 2.19. The van der Waals surface area contributed by atoms with Crippen molar-refractivity contribution in [1.82, 2.24) is 10.2 Å². The maximum atomic E-state index is 12.7. The summed E-state index contributed by atoms with van der Waals surface area (Å²) in [6.45, 7) is 5.82. The van der Waals surface area contributed by atoms with Crippen molar-refractivity contribution >= 4 is 23.6 Å². The molecule has 1 saturated heterocycles. The molecule has 6 heteroatoms. The van der Waals surface area contributed by atoms with E-state index in [1.165, 1.54) is 0 Å². The molecule has 0 saturated carbocycles. The molecule has 23 heavy (non-hydrogen) atoms. The first-order chi connectivity index (χ1) is 10.8. The van der Waals surface area contributed by atoms with Crippen LogP contribution in [0, 0.1) is 6.92 Å². The molecule has 2 heterocycles. The van der Waals surface area contributed by atoms with Gasteiger partial charge in [-0.3, -0.25) is 29.4 Å². The fraction of sp³-hybridized carbons (Fsp3) is 0.412. The summed E-state index contributed by atoms with van der Waals surface area (Å²) in [5.74, 6) is -1.64. The van der Waals surface area contributed by atoms with Gasteiger partial charge >= 0.3 is 0 Å². The van der Waals surface area contributed by atoms with E-state index in [0.29, 0.717) is 11.1 Å². The van der Waals surface area contributed by atoms with E-state index >= 15 is 0 Å². The molecule has 1 aromatic carbocycles. The van der Waals surface area contributed by atoms with Crippen LogP contribution in [0.5, 0.6) is 0 Å². The molecule has 0 aromatic heterocycles. The van der Waals surface area contributed by atoms with Gasteiger partial charge in [0.15, 0.2) is 0 Å². The summed E-state index contributed by atoms with van der Waals surface area (Å²) in [6, 6.07) is 2.73. The van der Waals surface area contributed by atoms with Crippen LogP contribution in [-0.2, 0) is 9.59 Å². The average molecular weight is 314 g/mol. The lowest BCUT2D eigenvalue weighted by Crippen LogP contribution is -2.54. The summed E-state index contributed by atoms with van der Waals surface area (Å²) in [6.07, 6.45) is 0.298. The smallest absolute Gasteiger partial charge is 0.262 e. The van der Waals surface area contributed by atoms with Gasteiger partial charge in [0, 0.05) is 6.42 Å². The van der Waals surface area contributed by atoms with Crippen molar-refractivity contribution in [2.75, 3.05) is 0 Å². The molecule has 6 nitrogen and oxygen atoms in total. The number of nitrogens with one attached hydrogen (secondary N) is 1. The number of carbonyl (C=O) groups excluding carboxylic acids is 4. The summed E-state index contributed by atoms with van der Waals surface area (Å²) in [4.78, 5) is 49.7. The van der Waals surface area contributed by atoms with Crippen molar-refractivity contribution in [2.24, 2.45) is 0 Å². The Balaban J connectivity index is 2.02. The topological polar surface area (TPSA) is 83.6 Å². The highest BCUT2D eigenvalue weighted by atomic mass is 16.2. The third-order valence-electron chi connectivity index (χ3n) is 4.43. The zero-order valence-electron chi connectivity index (χ0n) is 13.3. The minimum absolute atomic E-state index is 0.125. The Morgan fingerprint density at radius 2 is 1.83 bits per heavy atom. The summed E-state index contributed by atoms with van der Waals surface area (Å²) >= 11 is 0. The molecule has 0 bridgehead atoms. The van der Waals surface area contributed by atoms with Gasteiger partial charge in [0.25, 0.3) is 11.8 Å². The fourth-order valence-corrected chi connectivity index (χ4v) is 3.15. The second-order valence-electron chi connectivity index (χ2n) is 6.36. The molecule has 1 aromatic rings. The van der Waals surface area contributed by atoms with Crippen LogP contribution in [0.25, 0.3) is 0 Å². The van der Waals surface area contributed by atoms with Crippen molar-refractivity contribution in [3.63, 3.8) is 0 Å². The van der Waals surface area contributed by atoms with Gasteiger partial charge in [-0.25, -0.2) is 0 Å². The van der Waals surface area contributed by atoms with E-state index in [-0.39, 0.29) is 24.7 Å². The molecule has 1 fully saturated rings. The number of fused-ring (bicyclic) bond motifs is 1. The Morgan fingerprint density at radius 3 is 2.43 bits per heavy atom. The summed E-state index contributed by atoms with van der Waals surface area (Å²) in [7, 11) is 0. The number of imide groups is 2. The van der Waals surface area contributed by atoms with E-state index in [9.17, 15) is 19.2 Å². The van der Waals surface area contributed by atoms with Crippen molar-refractivity contribution in [1.29, 1.82) is 0 Å². The molecule has 0 aliphatic carbocycles. The van der Waals surface area contributed by atoms with Gasteiger partial charge < -0.3 is 0 Å². The highest BCUT2D eigenvalue weighted by molar-refractivity contribution is 6.24. The summed E-state index contributed by atoms with van der Waals surface area (Å²) < 4.78 is 0. The van der Waals surface area contributed by atoms with Crippen LogP contribution in [0.1, 0.15) is 64.4 Å². The third kappa shape index (κ3) is 2.34. The van der Waals surface area contributed by atoms with E-state index in [4.69, 9.17) is 0 Å². The molecule has 1 N–H and O–H groups in total. The van der Waals surface area contributed by atoms with Gasteiger partial charge in [-0.1, -0.05) is 19.9 Å². The van der Waals surface area contributed by atoms with Crippen LogP contribution >= 0.6 is 0 Å². The van der Waals surface area contributed by atoms with Crippen molar-refractivity contribution in [3.8, 4) is 0 Å². The SMILES string of the molecule is Cc1cc(C(C)C)cc2c1C(=O)N(C1CCC(=O)NC1=O)C2=O. The van der Waals surface area contributed by atoms with Crippen LogP contribution in [0.4, 0.5) is 0 Å². The molecule has 2 aliphatic heterocycles. The number of nitrogens with zero attached hydrogens (tertiary/aromatic N) is 1. The van der Waals surface area contributed by atoms with Crippen molar-refractivity contribution in [3.05, 3.63) is 34.4 Å². The highest BCUT2D eigenvalue weighted by Gasteiger charge is 2.45. The standard InChI is InChI=1S/C17H18N2O4/c1-8(2)10-6-9(3)14-11(7-10)16(22)19(17(14)23)12-4-5-13(20)18-15(12)21/h6-8,12H,4-5H2,1-3H3,(H,18,20,21). The number of hydrogen-bond acceptors (Lipinski definition) is 4. The van der Waals surface area contributed by atoms with E-state index in [1.54, 1.807) is 13.0 Å². The number of carbonyl (C=O) groups is 4. The van der Waals surface area contributed by atoms with E-state index in [0.717, 1.165) is 16.0 Å². The Kier molecular flexibility index (Phi) is 3.55. The molecule has 1 atom stereocenters. The number of benzene rings is 1. The van der Waals surface area contributed by atoms with Crippen LogP contribution < -0.4 is 5.32 Å². The predicted molar refractivity (Wildman–Crippen MR) is 81.9 cm³/mol. The molecule has 1 unspecified atom stereocenters. The largest absolute Gasteiger partial charge is 0.295 e. The first kappa shape index (κ1) is 15.4. The minimum atomic E-state index is -0.915. The minimum Gasteiger partial charge on any atom is -0.295 e. The lowest BCUT2D eigenvalue weighted by molar-refractivity contribution is -0.136. The number of aryl methyl sites for hydroxylation is 1. The lowest BCUT2D eigenvalue weighted by Gasteiger charge is -2.27. The van der Waals surface area contributed by atoms with Crippen LogP contribution in [0.3, 0.4) is 0 Å². The molecule has 3 rings (SSSR count). The summed E-state index contributed by atoms with van der Waals surface area (Å²) in [5.41, 5.74) is 2.43. The zero-order chi connectivity index (χ0) is 16.9. The van der Waals surface area contributed by atoms with Gasteiger partial charge in [0.05, 0.1) is 11.1 Å². The van der Waals surface area contributed by atoms with Gasteiger partial charge in [-0.05, 0) is 36.5 Å². The molecule has 120 valence electrons. The molecular weight excluding hydrogens is 296 g/mol. The Morgan fingerprint density at radius 1 is 1.13 bits per heavy atom. The lowest BCUT2D eigenvalue weighted by atomic mass is 9.94. The van der Waals surface area contributed by atoms with Crippen molar-refractivity contribution in [2.45, 2.75) is 45.6 Å². The number of amides is 4. The second-order valence-corrected chi connectivity index (χ2v) is 6.36. The predicted octanol–water partition coefficient (Wildman–Crippen LogP) is 1.52. The molecule has 0 spiro atoms. The average Bonchev–Trinajstić information content (AvgIpc) is 2.72. The quantitative estimate of drug-likeness (QED) is 0.839. The second kappa shape index (κ2) is 5.30. The third-order valence-corrected chi connectivity index (χ3v) is 4.43. The van der Waals surface area contributed by atoms with Crippen LogP contribution in [0.2, 0.25) is 0 Å². The van der Waals surface area contributed by atoms with E-state index < -0.39 is 23.8 Å². The number of hydrogen-bond donors (Lipinski definition) is 1. The molecule has 2 aliphatic rings. The fourth-order valence-electron chi connectivity index (χ4n) is 3.15. The van der Waals surface area contributed by atoms with Crippen LogP contribution in [-0.4, -0.2) is 34.6 Å². The maximum Gasteiger partial charge on any atom is 0.262 e. The number of piperidine rings is 1. The maximum absolute atomic E-state index is 12.7. The zero-order valence-corrected chi connectivity index (χ0v) is 13.3. The Hall–Kier alpha value is -2.50. The van der Waals surface area contributed by atoms with Gasteiger partial charge in [-0.2, -0.15) is 0 Å². The first-order valence-corrected chi connectivity index (χ1v) is 7.67. The van der Waals surface area contributed by atoms with Gasteiger partial charge in [-0.15, -0.1) is 0 Å². The monoisotopic (exact) mass is 314 g/mol. The molecular formula is C17H18N2O4. The molecule has 0 radical (unpaired) electrons. The van der Waals surface area contributed by atoms with Crippen LogP contribution in [0.15, 0.2) is 12.1 Å². The highest BCUT2D eigenvalue weighted by Crippen LogP contribution is 2.32. The van der Waals surface area contributed by atoms with Crippen molar-refractivity contribution < 1.29 is 19.2 Å². The Labute approximate surface area is 133 Å². The normalized spacial score (nSPS) is 21.0. The Bertz CT molecular complexity index is 751. The van der Waals surface area contributed by atoms with Gasteiger partial charge in [0.2, 0.25) is 11.8 Å². The van der Waals surface area contributed by atoms with E-state index in [1.807, 2.05) is 19.9 Å². The van der Waals surface area contributed by atoms with Gasteiger partial charge in [0.1, 0.15) is 6.04 Å². The number of rotatable bonds is 2. The van der Waals surface area contributed by atoms with E-state index in [2.05, 4.69) is 5.32 Å². The first-order valence-electron chi connectivity index (χ1n) is 7.67.